The van der Waals surface area contributed by atoms with Crippen molar-refractivity contribution in [1.29, 1.82) is 0 Å². The highest BCUT2D eigenvalue weighted by Gasteiger charge is 2.17. The van der Waals surface area contributed by atoms with Crippen LogP contribution in [0.15, 0.2) is 91.8 Å². The molecule has 0 bridgehead atoms. The lowest BCUT2D eigenvalue weighted by Crippen LogP contribution is -2.38. The SMILES string of the molecule is CC(c1ccc(-n2cncn2)cc1)N(C)C(=O)NCc1ccc(Cn2cnc3ccccc32)cc1. The fourth-order valence-electron chi connectivity index (χ4n) is 4.04. The standard InChI is InChI=1S/C27H27N7O/c1-20(23-11-13-24(14-12-23)34-18-28-17-31-34)32(2)27(35)29-15-21-7-9-22(10-8-21)16-33-19-30-25-5-3-4-6-26(25)33/h3-14,17-20H,15-16H2,1-2H3,(H,29,35). The van der Waals surface area contributed by atoms with Gasteiger partial charge in [0.2, 0.25) is 0 Å². The lowest BCUT2D eigenvalue weighted by atomic mass is 10.1. The fraction of sp³-hybridized carbons (Fsp3) is 0.185. The van der Waals surface area contributed by atoms with E-state index in [2.05, 4.69) is 55.3 Å². The number of aromatic nitrogens is 5. The molecule has 0 saturated carbocycles. The van der Waals surface area contributed by atoms with Crippen LogP contribution in [0.2, 0.25) is 0 Å². The zero-order chi connectivity index (χ0) is 24.2. The van der Waals surface area contributed by atoms with Crippen LogP contribution in [-0.2, 0) is 13.1 Å². The minimum atomic E-state index is -0.119. The summed E-state index contributed by atoms with van der Waals surface area (Å²) in [6, 6.07) is 24.2. The van der Waals surface area contributed by atoms with Gasteiger partial charge >= 0.3 is 6.03 Å². The number of nitrogens with zero attached hydrogens (tertiary/aromatic N) is 6. The molecule has 0 aliphatic rings. The van der Waals surface area contributed by atoms with Crippen LogP contribution < -0.4 is 5.32 Å². The van der Waals surface area contributed by atoms with Gasteiger partial charge in [-0.1, -0.05) is 48.5 Å². The van der Waals surface area contributed by atoms with Gasteiger partial charge in [0, 0.05) is 20.1 Å². The summed E-state index contributed by atoms with van der Waals surface area (Å²) in [5.74, 6) is 0. The topological polar surface area (TPSA) is 80.9 Å². The number of hydrogen-bond donors (Lipinski definition) is 1. The van der Waals surface area contributed by atoms with E-state index in [9.17, 15) is 4.79 Å². The van der Waals surface area contributed by atoms with Gasteiger partial charge in [-0.05, 0) is 47.9 Å². The molecule has 2 aromatic heterocycles. The van der Waals surface area contributed by atoms with Gasteiger partial charge in [0.05, 0.1) is 29.1 Å². The van der Waals surface area contributed by atoms with Gasteiger partial charge in [0.25, 0.3) is 0 Å². The quantitative estimate of drug-likeness (QED) is 0.382. The van der Waals surface area contributed by atoms with Crippen molar-refractivity contribution in [2.75, 3.05) is 7.05 Å². The number of amides is 2. The number of carbonyl (C=O) groups excluding carboxylic acids is 1. The van der Waals surface area contributed by atoms with E-state index in [0.717, 1.165) is 34.4 Å². The van der Waals surface area contributed by atoms with Crippen LogP contribution >= 0.6 is 0 Å². The summed E-state index contributed by atoms with van der Waals surface area (Å²) in [5, 5.41) is 7.16. The molecule has 8 heteroatoms. The largest absolute Gasteiger partial charge is 0.334 e. The Labute approximate surface area is 203 Å². The number of urea groups is 1. The van der Waals surface area contributed by atoms with Crippen molar-refractivity contribution in [2.24, 2.45) is 0 Å². The van der Waals surface area contributed by atoms with E-state index in [1.165, 1.54) is 11.9 Å². The van der Waals surface area contributed by atoms with Crippen molar-refractivity contribution in [3.05, 3.63) is 108 Å². The molecule has 0 saturated heterocycles. The molecular weight excluding hydrogens is 438 g/mol. The highest BCUT2D eigenvalue weighted by molar-refractivity contribution is 5.75. The zero-order valence-electron chi connectivity index (χ0n) is 19.7. The first-order valence-corrected chi connectivity index (χ1v) is 11.5. The molecule has 0 radical (unpaired) electrons. The van der Waals surface area contributed by atoms with E-state index < -0.39 is 0 Å². The van der Waals surface area contributed by atoms with Crippen LogP contribution in [0, 0.1) is 0 Å². The van der Waals surface area contributed by atoms with Gasteiger partial charge in [-0.25, -0.2) is 19.4 Å². The van der Waals surface area contributed by atoms with Crippen molar-refractivity contribution in [1.82, 2.24) is 34.5 Å². The molecule has 35 heavy (non-hydrogen) atoms. The third-order valence-electron chi connectivity index (χ3n) is 6.31. The van der Waals surface area contributed by atoms with Crippen molar-refractivity contribution in [2.45, 2.75) is 26.1 Å². The summed E-state index contributed by atoms with van der Waals surface area (Å²) in [4.78, 5) is 22.9. The van der Waals surface area contributed by atoms with E-state index in [1.807, 2.05) is 62.8 Å². The average molecular weight is 466 g/mol. The summed E-state index contributed by atoms with van der Waals surface area (Å²) >= 11 is 0. The molecule has 1 unspecified atom stereocenters. The maximum atomic E-state index is 12.8. The molecule has 5 rings (SSSR count). The van der Waals surface area contributed by atoms with E-state index in [-0.39, 0.29) is 12.1 Å². The minimum Gasteiger partial charge on any atom is -0.334 e. The summed E-state index contributed by atoms with van der Waals surface area (Å²) < 4.78 is 3.84. The molecule has 1 N–H and O–H groups in total. The van der Waals surface area contributed by atoms with Gasteiger partial charge in [-0.3, -0.25) is 0 Å². The molecule has 8 nitrogen and oxygen atoms in total. The van der Waals surface area contributed by atoms with Gasteiger partial charge < -0.3 is 14.8 Å². The van der Waals surface area contributed by atoms with E-state index >= 15 is 0 Å². The molecule has 3 aromatic carbocycles. The van der Waals surface area contributed by atoms with Gasteiger partial charge in [0.15, 0.2) is 0 Å². The third kappa shape index (κ3) is 4.91. The van der Waals surface area contributed by atoms with Crippen molar-refractivity contribution >= 4 is 17.1 Å². The maximum Gasteiger partial charge on any atom is 0.317 e. The van der Waals surface area contributed by atoms with E-state index in [4.69, 9.17) is 0 Å². The fourth-order valence-corrected chi connectivity index (χ4v) is 4.04. The Morgan fingerprint density at radius 1 is 0.971 bits per heavy atom. The lowest BCUT2D eigenvalue weighted by molar-refractivity contribution is 0.194. The number of fused-ring (bicyclic) bond motifs is 1. The molecular formula is C27H27N7O. The Kier molecular flexibility index (Phi) is 6.26. The number of benzene rings is 3. The molecule has 1 atom stereocenters. The lowest BCUT2D eigenvalue weighted by Gasteiger charge is -2.26. The summed E-state index contributed by atoms with van der Waals surface area (Å²) in [6.45, 7) is 3.23. The number of hydrogen-bond acceptors (Lipinski definition) is 4. The smallest absolute Gasteiger partial charge is 0.317 e. The first-order chi connectivity index (χ1) is 17.1. The Bertz CT molecular complexity index is 1410. The number of carbonyl (C=O) groups is 1. The number of imidazole rings is 1. The first kappa shape index (κ1) is 22.3. The highest BCUT2D eigenvalue weighted by Crippen LogP contribution is 2.20. The Hall–Kier alpha value is -4.46. The van der Waals surface area contributed by atoms with Gasteiger partial charge in [-0.2, -0.15) is 5.10 Å². The van der Waals surface area contributed by atoms with Gasteiger partial charge in [-0.15, -0.1) is 0 Å². The van der Waals surface area contributed by atoms with Crippen molar-refractivity contribution in [3.8, 4) is 5.69 Å². The zero-order valence-corrected chi connectivity index (χ0v) is 19.7. The monoisotopic (exact) mass is 465 g/mol. The Morgan fingerprint density at radius 3 is 2.46 bits per heavy atom. The van der Waals surface area contributed by atoms with Crippen LogP contribution in [0.3, 0.4) is 0 Å². The van der Waals surface area contributed by atoms with E-state index in [0.29, 0.717) is 6.54 Å². The summed E-state index contributed by atoms with van der Waals surface area (Å²) in [7, 11) is 1.81. The molecule has 0 aliphatic heterocycles. The second-order valence-corrected chi connectivity index (χ2v) is 8.55. The number of para-hydroxylation sites is 2. The molecule has 0 aliphatic carbocycles. The Morgan fingerprint density at radius 2 is 1.71 bits per heavy atom. The highest BCUT2D eigenvalue weighted by atomic mass is 16.2. The third-order valence-corrected chi connectivity index (χ3v) is 6.31. The minimum absolute atomic E-state index is 0.0767. The molecule has 0 spiro atoms. The van der Waals surface area contributed by atoms with Crippen molar-refractivity contribution in [3.63, 3.8) is 0 Å². The normalized spacial score (nSPS) is 11.9. The van der Waals surface area contributed by atoms with E-state index in [1.54, 1.807) is 15.9 Å². The van der Waals surface area contributed by atoms with Crippen molar-refractivity contribution < 1.29 is 4.79 Å². The summed E-state index contributed by atoms with van der Waals surface area (Å²) in [5.41, 5.74) is 6.32. The first-order valence-electron chi connectivity index (χ1n) is 11.5. The van der Waals surface area contributed by atoms with Crippen LogP contribution in [0.1, 0.15) is 29.7 Å². The molecule has 5 aromatic rings. The molecule has 176 valence electrons. The second kappa shape index (κ2) is 9.80. The molecule has 0 fully saturated rings. The van der Waals surface area contributed by atoms with Gasteiger partial charge in [0.1, 0.15) is 12.7 Å². The molecule has 2 amide bonds. The second-order valence-electron chi connectivity index (χ2n) is 8.55. The van der Waals surface area contributed by atoms with Crippen LogP contribution in [0.4, 0.5) is 4.79 Å². The summed E-state index contributed by atoms with van der Waals surface area (Å²) in [6.07, 6.45) is 5.03. The number of nitrogens with one attached hydrogen (secondary N) is 1. The average Bonchev–Trinajstić information content (AvgIpc) is 3.58. The predicted molar refractivity (Wildman–Crippen MR) is 135 cm³/mol. The number of rotatable bonds is 7. The molecule has 2 heterocycles. The predicted octanol–water partition coefficient (Wildman–Crippen LogP) is 4.57. The Balaban J connectivity index is 1.16. The van der Waals surface area contributed by atoms with Crippen LogP contribution in [0.5, 0.6) is 0 Å². The van der Waals surface area contributed by atoms with Crippen LogP contribution in [-0.4, -0.2) is 42.3 Å². The van der Waals surface area contributed by atoms with Crippen LogP contribution in [0.25, 0.3) is 16.7 Å². The maximum absolute atomic E-state index is 12.8.